The Morgan fingerprint density at radius 2 is 1.85 bits per heavy atom. The van der Waals surface area contributed by atoms with Crippen molar-refractivity contribution in [2.75, 3.05) is 26.2 Å². The fourth-order valence-corrected chi connectivity index (χ4v) is 5.13. The summed E-state index contributed by atoms with van der Waals surface area (Å²) in [4.78, 5) is 39.6. The molecule has 2 saturated heterocycles. The molecule has 3 aliphatic rings. The van der Waals surface area contributed by atoms with Gasteiger partial charge in [-0.1, -0.05) is 29.8 Å². The monoisotopic (exact) mass is 470 g/mol. The maximum absolute atomic E-state index is 13.2. The molecule has 0 radical (unpaired) electrons. The number of rotatable bonds is 3. The number of esters is 1. The second-order valence-electron chi connectivity index (χ2n) is 8.63. The van der Waals surface area contributed by atoms with Gasteiger partial charge in [0.1, 0.15) is 11.9 Å². The van der Waals surface area contributed by atoms with E-state index in [1.165, 1.54) is 4.90 Å². The maximum Gasteiger partial charge on any atom is 0.407 e. The van der Waals surface area contributed by atoms with Crippen molar-refractivity contribution in [3.63, 3.8) is 0 Å². The van der Waals surface area contributed by atoms with E-state index in [9.17, 15) is 14.4 Å². The largest absolute Gasteiger partial charge is 0.490 e. The van der Waals surface area contributed by atoms with Gasteiger partial charge in [-0.25, -0.2) is 9.59 Å². The summed E-state index contributed by atoms with van der Waals surface area (Å²) in [7, 11) is 0. The van der Waals surface area contributed by atoms with Crippen LogP contribution in [0.2, 0.25) is 5.02 Å². The number of carbonyl (C=O) groups excluding carboxylic acids is 2. The van der Waals surface area contributed by atoms with E-state index in [0.717, 1.165) is 5.56 Å². The van der Waals surface area contributed by atoms with E-state index in [1.54, 1.807) is 35.2 Å². The van der Waals surface area contributed by atoms with Crippen LogP contribution in [0.3, 0.4) is 0 Å². The van der Waals surface area contributed by atoms with Gasteiger partial charge in [-0.2, -0.15) is 0 Å². The van der Waals surface area contributed by atoms with Crippen LogP contribution in [0.5, 0.6) is 5.75 Å². The lowest BCUT2D eigenvalue weighted by Crippen LogP contribution is -2.41. The first-order valence-corrected chi connectivity index (χ1v) is 11.3. The average Bonchev–Trinajstić information content (AvgIpc) is 3.35. The minimum absolute atomic E-state index is 0.103. The lowest BCUT2D eigenvalue weighted by Gasteiger charge is -2.30. The number of halogens is 1. The van der Waals surface area contributed by atoms with Gasteiger partial charge in [0.05, 0.1) is 22.7 Å². The van der Waals surface area contributed by atoms with Gasteiger partial charge in [0.15, 0.2) is 5.60 Å². The number of fused-ring (bicyclic) bond motifs is 2. The Labute approximate surface area is 195 Å². The Kier molecular flexibility index (Phi) is 5.40. The topological polar surface area (TPSA) is 96.4 Å². The number of carbonyl (C=O) groups is 3. The summed E-state index contributed by atoms with van der Waals surface area (Å²) < 4.78 is 11.7. The highest BCUT2D eigenvalue weighted by atomic mass is 35.5. The van der Waals surface area contributed by atoms with Gasteiger partial charge in [-0.15, -0.1) is 0 Å². The molecule has 0 bridgehead atoms. The molecule has 8 nitrogen and oxygen atoms in total. The highest BCUT2D eigenvalue weighted by Gasteiger charge is 2.51. The Bertz CT molecular complexity index is 1130. The third kappa shape index (κ3) is 3.88. The Morgan fingerprint density at radius 3 is 2.58 bits per heavy atom. The van der Waals surface area contributed by atoms with E-state index in [0.29, 0.717) is 55.8 Å². The molecule has 0 aliphatic carbocycles. The molecular weight excluding hydrogens is 448 g/mol. The molecule has 1 atom stereocenters. The highest BCUT2D eigenvalue weighted by Crippen LogP contribution is 2.43. The predicted molar refractivity (Wildman–Crippen MR) is 119 cm³/mol. The second kappa shape index (κ2) is 8.26. The molecule has 2 aromatic carbocycles. The number of hydrogen-bond donors (Lipinski definition) is 1. The van der Waals surface area contributed by atoms with Gasteiger partial charge in [0.25, 0.3) is 5.91 Å². The average molecular weight is 471 g/mol. The third-order valence-electron chi connectivity index (χ3n) is 6.63. The molecule has 0 unspecified atom stereocenters. The van der Waals surface area contributed by atoms with Crippen molar-refractivity contribution in [3.05, 3.63) is 64.2 Å². The van der Waals surface area contributed by atoms with Crippen LogP contribution in [0.1, 0.15) is 45.5 Å². The standard InChI is InChI=1S/C24H23ClN2O6/c25-20-13-16(32-15-7-10-26(11-8-15)23(30)31)5-6-18(20)21(28)27-12-9-24(14-27)19-4-2-1-3-17(19)22(29)33-24/h1-6,13,15H,7-12,14H2,(H,30,31)/t24-/m0/s1. The number of hydrogen-bond acceptors (Lipinski definition) is 5. The molecule has 2 fully saturated rings. The Morgan fingerprint density at radius 1 is 1.09 bits per heavy atom. The van der Waals surface area contributed by atoms with Crippen molar-refractivity contribution in [2.45, 2.75) is 31.0 Å². The van der Waals surface area contributed by atoms with Crippen molar-refractivity contribution < 1.29 is 29.0 Å². The minimum Gasteiger partial charge on any atom is -0.490 e. The van der Waals surface area contributed by atoms with E-state index in [4.69, 9.17) is 26.2 Å². The summed E-state index contributed by atoms with van der Waals surface area (Å²) in [6.45, 7) is 1.59. The molecule has 2 amide bonds. The lowest BCUT2D eigenvalue weighted by molar-refractivity contribution is -0.00307. The van der Waals surface area contributed by atoms with Crippen LogP contribution in [0, 0.1) is 0 Å². The summed E-state index contributed by atoms with van der Waals surface area (Å²) in [5, 5.41) is 9.34. The van der Waals surface area contributed by atoms with Gasteiger partial charge < -0.3 is 24.4 Å². The van der Waals surface area contributed by atoms with Crippen molar-refractivity contribution in [1.29, 1.82) is 0 Å². The Balaban J connectivity index is 1.26. The second-order valence-corrected chi connectivity index (χ2v) is 9.04. The van der Waals surface area contributed by atoms with Crippen LogP contribution in [-0.4, -0.2) is 65.2 Å². The van der Waals surface area contributed by atoms with Crippen molar-refractivity contribution in [2.24, 2.45) is 0 Å². The summed E-state index contributed by atoms with van der Waals surface area (Å²) in [5.74, 6) is -0.0332. The molecule has 3 heterocycles. The zero-order valence-corrected chi connectivity index (χ0v) is 18.6. The van der Waals surface area contributed by atoms with E-state index in [2.05, 4.69) is 0 Å². The van der Waals surface area contributed by atoms with Crippen molar-refractivity contribution in [3.8, 4) is 5.75 Å². The van der Waals surface area contributed by atoms with Crippen molar-refractivity contribution >= 4 is 29.6 Å². The molecule has 172 valence electrons. The molecule has 5 rings (SSSR count). The number of amides is 2. The first-order valence-electron chi connectivity index (χ1n) is 10.9. The molecule has 9 heteroatoms. The van der Waals surface area contributed by atoms with E-state index < -0.39 is 11.7 Å². The summed E-state index contributed by atoms with van der Waals surface area (Å²) >= 11 is 6.44. The smallest absolute Gasteiger partial charge is 0.407 e. The lowest BCUT2D eigenvalue weighted by atomic mass is 9.91. The van der Waals surface area contributed by atoms with Crippen LogP contribution in [-0.2, 0) is 10.3 Å². The van der Waals surface area contributed by atoms with Gasteiger partial charge in [0.2, 0.25) is 0 Å². The quantitative estimate of drug-likeness (QED) is 0.686. The number of piperidine rings is 1. The van der Waals surface area contributed by atoms with Crippen LogP contribution in [0.25, 0.3) is 0 Å². The SMILES string of the molecule is O=C1O[C@]2(CCN(C(=O)c3ccc(OC4CCN(C(=O)O)CC4)cc3Cl)C2)c2ccccc21. The zero-order valence-electron chi connectivity index (χ0n) is 17.8. The molecule has 33 heavy (non-hydrogen) atoms. The molecule has 2 aromatic rings. The molecule has 1 N–H and O–H groups in total. The fourth-order valence-electron chi connectivity index (χ4n) is 4.87. The van der Waals surface area contributed by atoms with E-state index in [1.807, 2.05) is 12.1 Å². The van der Waals surface area contributed by atoms with Crippen molar-refractivity contribution in [1.82, 2.24) is 9.80 Å². The summed E-state index contributed by atoms with van der Waals surface area (Å²) in [6.07, 6.45) is 0.712. The van der Waals surface area contributed by atoms with Crippen LogP contribution < -0.4 is 4.74 Å². The highest BCUT2D eigenvalue weighted by molar-refractivity contribution is 6.34. The first kappa shape index (κ1) is 21.6. The van der Waals surface area contributed by atoms with Gasteiger partial charge >= 0.3 is 12.1 Å². The number of carboxylic acid groups (broad SMARTS) is 1. The first-order chi connectivity index (χ1) is 15.9. The fraction of sp³-hybridized carbons (Fsp3) is 0.375. The molecule has 3 aliphatic heterocycles. The van der Waals surface area contributed by atoms with Crippen LogP contribution in [0.4, 0.5) is 4.79 Å². The zero-order chi connectivity index (χ0) is 23.2. The molecule has 0 saturated carbocycles. The molecule has 0 aromatic heterocycles. The Hall–Kier alpha value is -3.26. The molecule has 1 spiro atoms. The summed E-state index contributed by atoms with van der Waals surface area (Å²) in [5.41, 5.74) is 0.943. The third-order valence-corrected chi connectivity index (χ3v) is 6.94. The number of benzene rings is 2. The number of ether oxygens (including phenoxy) is 2. The van der Waals surface area contributed by atoms with Gasteiger partial charge in [-0.3, -0.25) is 4.79 Å². The van der Waals surface area contributed by atoms with Crippen LogP contribution in [0.15, 0.2) is 42.5 Å². The number of nitrogens with zero attached hydrogens (tertiary/aromatic N) is 2. The molecular formula is C24H23ClN2O6. The summed E-state index contributed by atoms with van der Waals surface area (Å²) in [6, 6.07) is 12.3. The van der Waals surface area contributed by atoms with E-state index >= 15 is 0 Å². The number of likely N-dealkylation sites (tertiary alicyclic amines) is 2. The maximum atomic E-state index is 13.2. The van der Waals surface area contributed by atoms with Gasteiger partial charge in [-0.05, 0) is 24.3 Å². The predicted octanol–water partition coefficient (Wildman–Crippen LogP) is 3.77. The minimum atomic E-state index is -0.918. The van der Waals surface area contributed by atoms with Crippen LogP contribution >= 0.6 is 11.6 Å². The van der Waals surface area contributed by atoms with E-state index in [-0.39, 0.29) is 29.5 Å². The van der Waals surface area contributed by atoms with Gasteiger partial charge in [0, 0.05) is 44.5 Å². The normalized spacial score (nSPS) is 22.4.